The Bertz CT molecular complexity index is 413. The van der Waals surface area contributed by atoms with Crippen molar-refractivity contribution in [1.29, 1.82) is 5.26 Å². The van der Waals surface area contributed by atoms with E-state index >= 15 is 0 Å². The van der Waals surface area contributed by atoms with Gasteiger partial charge in [-0.25, -0.2) is 4.98 Å². The van der Waals surface area contributed by atoms with Gasteiger partial charge < -0.3 is 0 Å². The Morgan fingerprint density at radius 3 is 2.78 bits per heavy atom. The molecule has 18 heavy (non-hydrogen) atoms. The second kappa shape index (κ2) is 6.98. The lowest BCUT2D eigenvalue weighted by Crippen LogP contribution is -2.45. The summed E-state index contributed by atoms with van der Waals surface area (Å²) in [5, 5.41) is 14.1. The van der Waals surface area contributed by atoms with Gasteiger partial charge in [0.1, 0.15) is 5.54 Å². The van der Waals surface area contributed by atoms with E-state index in [-0.39, 0.29) is 0 Å². The molecule has 1 aromatic rings. The molecule has 0 amide bonds. The smallest absolute Gasteiger partial charge is 0.104 e. The highest BCUT2D eigenvalue weighted by atomic mass is 35.5. The third-order valence-electron chi connectivity index (χ3n) is 2.41. The Morgan fingerprint density at radius 1 is 1.56 bits per heavy atom. The highest BCUT2D eigenvalue weighted by Gasteiger charge is 2.23. The predicted molar refractivity (Wildman–Crippen MR) is 76.9 cm³/mol. The summed E-state index contributed by atoms with van der Waals surface area (Å²) in [5.41, 5.74) is -0.479. The number of hydrogen-bond acceptors (Lipinski definition) is 4. The molecule has 1 heterocycles. The number of nitriles is 1. The number of pyridine rings is 1. The van der Waals surface area contributed by atoms with Crippen LogP contribution in [0.25, 0.3) is 0 Å². The maximum absolute atomic E-state index is 9.21. The first-order chi connectivity index (χ1) is 8.45. The van der Waals surface area contributed by atoms with E-state index in [9.17, 15) is 5.26 Å². The number of aromatic nitrogens is 1. The third-order valence-corrected chi connectivity index (χ3v) is 3.58. The van der Waals surface area contributed by atoms with Gasteiger partial charge in [-0.2, -0.15) is 5.26 Å². The summed E-state index contributed by atoms with van der Waals surface area (Å²) in [6.07, 6.45) is 2.41. The number of halogens is 1. The lowest BCUT2D eigenvalue weighted by atomic mass is 10.0. The van der Waals surface area contributed by atoms with Gasteiger partial charge in [0, 0.05) is 18.0 Å². The molecule has 0 spiro atoms. The molecule has 1 aromatic heterocycles. The molecule has 0 saturated carbocycles. The van der Waals surface area contributed by atoms with Gasteiger partial charge >= 0.3 is 0 Å². The quantitative estimate of drug-likeness (QED) is 0.812. The number of nitrogens with one attached hydrogen (secondary N) is 1. The van der Waals surface area contributed by atoms with E-state index < -0.39 is 5.54 Å². The molecule has 5 heteroatoms. The van der Waals surface area contributed by atoms with Crippen molar-refractivity contribution in [2.24, 2.45) is 0 Å². The summed E-state index contributed by atoms with van der Waals surface area (Å²) >= 11 is 7.41. The van der Waals surface area contributed by atoms with Crippen molar-refractivity contribution in [3.05, 3.63) is 23.4 Å². The minimum Gasteiger partial charge on any atom is -0.297 e. The minimum atomic E-state index is -0.479. The van der Waals surface area contributed by atoms with Gasteiger partial charge in [-0.3, -0.25) is 5.32 Å². The summed E-state index contributed by atoms with van der Waals surface area (Å²) in [4.78, 5) is 4.21. The molecule has 1 rings (SSSR count). The Morgan fingerprint density at radius 2 is 2.28 bits per heavy atom. The number of nitrogens with zero attached hydrogens (tertiary/aromatic N) is 2. The number of thioether (sulfide) groups is 1. The topological polar surface area (TPSA) is 48.7 Å². The SMILES string of the molecule is CC(C)NC(C)(C#N)CCSc1ccc(Cl)cn1. The highest BCUT2D eigenvalue weighted by Crippen LogP contribution is 2.21. The molecule has 1 N–H and O–H groups in total. The second-order valence-electron chi connectivity index (χ2n) is 4.66. The van der Waals surface area contributed by atoms with Crippen LogP contribution in [0.15, 0.2) is 23.4 Å². The van der Waals surface area contributed by atoms with E-state index in [1.165, 1.54) is 0 Å². The molecule has 0 aliphatic carbocycles. The van der Waals surface area contributed by atoms with Crippen molar-refractivity contribution in [2.45, 2.75) is 43.8 Å². The van der Waals surface area contributed by atoms with E-state index in [1.807, 2.05) is 32.9 Å². The molecule has 0 fully saturated rings. The molecule has 0 aliphatic heterocycles. The van der Waals surface area contributed by atoms with Crippen LogP contribution in [-0.4, -0.2) is 22.3 Å². The summed E-state index contributed by atoms with van der Waals surface area (Å²) < 4.78 is 0. The molecular weight excluding hydrogens is 266 g/mol. The zero-order valence-electron chi connectivity index (χ0n) is 10.9. The normalized spacial score (nSPS) is 14.2. The Hall–Kier alpha value is -0.760. The fraction of sp³-hybridized carbons (Fsp3) is 0.538. The molecule has 1 atom stereocenters. The Kier molecular flexibility index (Phi) is 5.94. The van der Waals surface area contributed by atoms with Gasteiger partial charge in [0.2, 0.25) is 0 Å². The van der Waals surface area contributed by atoms with Crippen LogP contribution in [0.3, 0.4) is 0 Å². The van der Waals surface area contributed by atoms with E-state index in [2.05, 4.69) is 16.4 Å². The average Bonchev–Trinajstić information content (AvgIpc) is 2.31. The van der Waals surface area contributed by atoms with Crippen molar-refractivity contribution in [3.63, 3.8) is 0 Å². The molecular formula is C13H18ClN3S. The first kappa shape index (κ1) is 15.3. The highest BCUT2D eigenvalue weighted by molar-refractivity contribution is 7.99. The van der Waals surface area contributed by atoms with Crippen molar-refractivity contribution in [2.75, 3.05) is 5.75 Å². The van der Waals surface area contributed by atoms with Crippen LogP contribution in [0.4, 0.5) is 0 Å². The fourth-order valence-corrected chi connectivity index (χ4v) is 2.73. The minimum absolute atomic E-state index is 0.299. The van der Waals surface area contributed by atoms with Gasteiger partial charge in [0.15, 0.2) is 0 Å². The molecule has 0 saturated heterocycles. The number of rotatable bonds is 6. The molecule has 98 valence electrons. The average molecular weight is 284 g/mol. The van der Waals surface area contributed by atoms with Crippen LogP contribution >= 0.6 is 23.4 Å². The molecule has 3 nitrogen and oxygen atoms in total. The van der Waals surface area contributed by atoms with Crippen molar-refractivity contribution in [3.8, 4) is 6.07 Å². The van der Waals surface area contributed by atoms with Gasteiger partial charge in [-0.15, -0.1) is 11.8 Å². The Balaban J connectivity index is 2.45. The van der Waals surface area contributed by atoms with Crippen molar-refractivity contribution >= 4 is 23.4 Å². The largest absolute Gasteiger partial charge is 0.297 e. The van der Waals surface area contributed by atoms with Gasteiger partial charge in [0.25, 0.3) is 0 Å². The lowest BCUT2D eigenvalue weighted by Gasteiger charge is -2.25. The van der Waals surface area contributed by atoms with E-state index in [4.69, 9.17) is 11.6 Å². The Labute approximate surface area is 118 Å². The van der Waals surface area contributed by atoms with Gasteiger partial charge in [0.05, 0.1) is 16.1 Å². The monoisotopic (exact) mass is 283 g/mol. The van der Waals surface area contributed by atoms with Crippen LogP contribution in [0, 0.1) is 11.3 Å². The first-order valence-corrected chi connectivity index (χ1v) is 7.25. The first-order valence-electron chi connectivity index (χ1n) is 5.88. The standard InChI is InChI=1S/C13H18ClN3S/c1-10(2)17-13(3,9-15)6-7-18-12-5-4-11(14)8-16-12/h4-5,8,10,17H,6-7H2,1-3H3. The van der Waals surface area contributed by atoms with Crippen LogP contribution in [0.1, 0.15) is 27.2 Å². The van der Waals surface area contributed by atoms with Crippen LogP contribution in [0.5, 0.6) is 0 Å². The van der Waals surface area contributed by atoms with E-state index in [0.717, 1.165) is 17.2 Å². The van der Waals surface area contributed by atoms with Crippen LogP contribution in [-0.2, 0) is 0 Å². The molecule has 1 unspecified atom stereocenters. The molecule has 0 bridgehead atoms. The van der Waals surface area contributed by atoms with E-state index in [1.54, 1.807) is 18.0 Å². The van der Waals surface area contributed by atoms with Crippen molar-refractivity contribution < 1.29 is 0 Å². The fourth-order valence-electron chi connectivity index (χ4n) is 1.60. The van der Waals surface area contributed by atoms with Crippen LogP contribution in [0.2, 0.25) is 5.02 Å². The summed E-state index contributed by atoms with van der Waals surface area (Å²) in [7, 11) is 0. The molecule has 0 radical (unpaired) electrons. The predicted octanol–water partition coefficient (Wildman–Crippen LogP) is 3.50. The zero-order chi connectivity index (χ0) is 13.6. The van der Waals surface area contributed by atoms with Crippen LogP contribution < -0.4 is 5.32 Å². The van der Waals surface area contributed by atoms with E-state index in [0.29, 0.717) is 11.1 Å². The second-order valence-corrected chi connectivity index (χ2v) is 6.21. The summed E-state index contributed by atoms with van der Waals surface area (Å²) in [6, 6.07) is 6.36. The summed E-state index contributed by atoms with van der Waals surface area (Å²) in [5.74, 6) is 0.846. The lowest BCUT2D eigenvalue weighted by molar-refractivity contribution is 0.397. The maximum atomic E-state index is 9.21. The molecule has 0 aromatic carbocycles. The maximum Gasteiger partial charge on any atom is 0.104 e. The van der Waals surface area contributed by atoms with Gasteiger partial charge in [-0.1, -0.05) is 11.6 Å². The van der Waals surface area contributed by atoms with Gasteiger partial charge in [-0.05, 0) is 39.3 Å². The third kappa shape index (κ3) is 5.26. The van der Waals surface area contributed by atoms with Crippen molar-refractivity contribution in [1.82, 2.24) is 10.3 Å². The number of hydrogen-bond donors (Lipinski definition) is 1. The molecule has 0 aliphatic rings. The zero-order valence-corrected chi connectivity index (χ0v) is 12.5. The summed E-state index contributed by atoms with van der Waals surface area (Å²) in [6.45, 7) is 6.02.